The second-order valence-electron chi connectivity index (χ2n) is 4.95. The van der Waals surface area contributed by atoms with E-state index in [0.717, 1.165) is 5.69 Å². The van der Waals surface area contributed by atoms with Crippen LogP contribution in [0.4, 0.5) is 0 Å². The number of carbonyl (C=O) groups is 1. The molecular weight excluding hydrogens is 304 g/mol. The summed E-state index contributed by atoms with van der Waals surface area (Å²) in [5, 5.41) is 21.6. The molecule has 0 aliphatic carbocycles. The third-order valence-corrected chi connectivity index (χ3v) is 3.55. The number of carbonyl (C=O) groups excluding carboxylic acids is 1. The summed E-state index contributed by atoms with van der Waals surface area (Å²) in [6, 6.07) is 9.85. The van der Waals surface area contributed by atoms with Crippen LogP contribution in [0.5, 0.6) is 5.75 Å². The van der Waals surface area contributed by atoms with Crippen LogP contribution in [0.1, 0.15) is 16.1 Å². The minimum absolute atomic E-state index is 0.0484. The maximum absolute atomic E-state index is 12.0. The molecule has 1 atom stereocenters. The van der Waals surface area contributed by atoms with Crippen LogP contribution in [0.25, 0.3) is 0 Å². The third kappa shape index (κ3) is 4.44. The first-order valence-corrected chi connectivity index (χ1v) is 7.25. The normalized spacial score (nSPS) is 11.9. The van der Waals surface area contributed by atoms with E-state index in [9.17, 15) is 15.0 Å². The van der Waals surface area contributed by atoms with Gasteiger partial charge in [0.05, 0.1) is 5.02 Å². The number of pyridine rings is 1. The van der Waals surface area contributed by atoms with E-state index in [-0.39, 0.29) is 29.2 Å². The van der Waals surface area contributed by atoms with Crippen LogP contribution in [-0.4, -0.2) is 34.3 Å². The molecule has 1 heterocycles. The number of aliphatic hydroxyl groups excluding tert-OH is 1. The largest absolute Gasteiger partial charge is 0.506 e. The number of rotatable bonds is 6. The molecule has 5 nitrogen and oxygen atoms in total. The highest BCUT2D eigenvalue weighted by molar-refractivity contribution is 6.32. The van der Waals surface area contributed by atoms with Gasteiger partial charge in [0.2, 0.25) is 0 Å². The summed E-state index contributed by atoms with van der Waals surface area (Å²) in [6.45, 7) is 0.275. The number of aromatic hydroxyl groups is 1. The van der Waals surface area contributed by atoms with Gasteiger partial charge in [-0.25, -0.2) is 0 Å². The molecule has 116 valence electrons. The molecule has 3 N–H and O–H groups in total. The van der Waals surface area contributed by atoms with Crippen LogP contribution in [0.3, 0.4) is 0 Å². The molecule has 1 unspecified atom stereocenters. The fourth-order valence-corrected chi connectivity index (χ4v) is 2.18. The zero-order chi connectivity index (χ0) is 15.9. The van der Waals surface area contributed by atoms with Gasteiger partial charge in [-0.1, -0.05) is 17.7 Å². The average Bonchev–Trinajstić information content (AvgIpc) is 2.54. The molecule has 0 spiro atoms. The summed E-state index contributed by atoms with van der Waals surface area (Å²) in [4.78, 5) is 16.2. The lowest BCUT2D eigenvalue weighted by Gasteiger charge is -2.15. The summed E-state index contributed by atoms with van der Waals surface area (Å²) < 4.78 is 0. The number of aliphatic hydroxyl groups is 1. The zero-order valence-electron chi connectivity index (χ0n) is 11.9. The third-order valence-electron chi connectivity index (χ3n) is 3.24. The van der Waals surface area contributed by atoms with E-state index < -0.39 is 0 Å². The average molecular weight is 321 g/mol. The number of nitrogens with zero attached hydrogens (tertiary/aromatic N) is 1. The van der Waals surface area contributed by atoms with Crippen molar-refractivity contribution in [3.05, 3.63) is 58.9 Å². The number of aromatic nitrogens is 1. The van der Waals surface area contributed by atoms with Gasteiger partial charge in [-0.2, -0.15) is 0 Å². The first-order valence-electron chi connectivity index (χ1n) is 6.87. The smallest absolute Gasteiger partial charge is 0.251 e. The maximum Gasteiger partial charge on any atom is 0.251 e. The molecule has 0 bridgehead atoms. The molecule has 0 aliphatic rings. The predicted molar refractivity (Wildman–Crippen MR) is 84.0 cm³/mol. The Morgan fingerprint density at radius 3 is 2.77 bits per heavy atom. The molecule has 2 aromatic rings. The van der Waals surface area contributed by atoms with Gasteiger partial charge in [0.1, 0.15) is 5.75 Å². The summed E-state index contributed by atoms with van der Waals surface area (Å²) >= 11 is 5.78. The lowest BCUT2D eigenvalue weighted by molar-refractivity contribution is 0.0940. The SMILES string of the molecule is O=C(NCC(CO)Cc1ccccn1)c1ccc(O)c(Cl)c1. The highest BCUT2D eigenvalue weighted by Crippen LogP contribution is 2.23. The number of benzene rings is 1. The van der Waals surface area contributed by atoms with Crippen LogP contribution in [0, 0.1) is 5.92 Å². The molecular formula is C16H17ClN2O3. The Morgan fingerprint density at radius 1 is 1.32 bits per heavy atom. The molecule has 1 amide bonds. The molecule has 0 radical (unpaired) electrons. The summed E-state index contributed by atoms with van der Waals surface area (Å²) in [5.41, 5.74) is 1.22. The number of nitrogens with one attached hydrogen (secondary N) is 1. The van der Waals surface area contributed by atoms with E-state index in [4.69, 9.17) is 11.6 Å². The standard InChI is InChI=1S/C16H17ClN2O3/c17-14-8-12(4-5-15(14)21)16(22)19-9-11(10-20)7-13-3-1-2-6-18-13/h1-6,8,11,20-21H,7,9-10H2,(H,19,22). The Hall–Kier alpha value is -2.11. The first-order chi connectivity index (χ1) is 10.6. The molecule has 1 aromatic heterocycles. The molecule has 0 aliphatic heterocycles. The quantitative estimate of drug-likeness (QED) is 0.760. The molecule has 1 aromatic carbocycles. The van der Waals surface area contributed by atoms with Gasteiger partial charge >= 0.3 is 0 Å². The minimum atomic E-state index is -0.304. The van der Waals surface area contributed by atoms with Crippen LogP contribution in [0.2, 0.25) is 5.02 Å². The topological polar surface area (TPSA) is 82.5 Å². The molecule has 0 saturated carbocycles. The monoisotopic (exact) mass is 320 g/mol. The van der Waals surface area contributed by atoms with Crippen molar-refractivity contribution in [3.63, 3.8) is 0 Å². The lowest BCUT2D eigenvalue weighted by Crippen LogP contribution is -2.32. The van der Waals surface area contributed by atoms with Crippen LogP contribution < -0.4 is 5.32 Å². The molecule has 0 saturated heterocycles. The van der Waals surface area contributed by atoms with Crippen LogP contribution in [0.15, 0.2) is 42.6 Å². The van der Waals surface area contributed by atoms with Crippen LogP contribution >= 0.6 is 11.6 Å². The lowest BCUT2D eigenvalue weighted by atomic mass is 10.0. The number of hydrogen-bond acceptors (Lipinski definition) is 4. The van der Waals surface area contributed by atoms with E-state index >= 15 is 0 Å². The van der Waals surface area contributed by atoms with Crippen molar-refractivity contribution in [2.75, 3.05) is 13.2 Å². The Kier molecular flexibility index (Phi) is 5.75. The number of phenolic OH excluding ortho intramolecular Hbond substituents is 1. The highest BCUT2D eigenvalue weighted by atomic mass is 35.5. The summed E-state index contributed by atoms with van der Waals surface area (Å²) in [6.07, 6.45) is 2.27. The first kappa shape index (κ1) is 16.3. The van der Waals surface area contributed by atoms with Gasteiger partial charge in [-0.3, -0.25) is 9.78 Å². The van der Waals surface area contributed by atoms with E-state index in [1.807, 2.05) is 18.2 Å². The molecule has 6 heteroatoms. The van der Waals surface area contributed by atoms with Crippen molar-refractivity contribution < 1.29 is 15.0 Å². The van der Waals surface area contributed by atoms with Crippen molar-refractivity contribution in [2.24, 2.45) is 5.92 Å². The second kappa shape index (κ2) is 7.77. The summed E-state index contributed by atoms with van der Waals surface area (Å²) in [7, 11) is 0. The van der Waals surface area contributed by atoms with Crippen molar-refractivity contribution in [2.45, 2.75) is 6.42 Å². The number of hydrogen-bond donors (Lipinski definition) is 3. The highest BCUT2D eigenvalue weighted by Gasteiger charge is 2.13. The number of amides is 1. The van der Waals surface area contributed by atoms with Crippen molar-refractivity contribution >= 4 is 17.5 Å². The van der Waals surface area contributed by atoms with Gasteiger partial charge in [0, 0.05) is 36.5 Å². The maximum atomic E-state index is 12.0. The van der Waals surface area contributed by atoms with Crippen LogP contribution in [-0.2, 0) is 6.42 Å². The molecule has 2 rings (SSSR count). The summed E-state index contributed by atoms with van der Waals surface area (Å²) in [5.74, 6) is -0.491. The van der Waals surface area contributed by atoms with Gasteiger partial charge in [-0.15, -0.1) is 0 Å². The Labute approximate surface area is 133 Å². The predicted octanol–water partition coefficient (Wildman–Crippen LogP) is 2.02. The van der Waals surface area contributed by atoms with Crippen molar-refractivity contribution in [1.82, 2.24) is 10.3 Å². The minimum Gasteiger partial charge on any atom is -0.506 e. The molecule has 0 fully saturated rings. The van der Waals surface area contributed by atoms with E-state index in [1.165, 1.54) is 18.2 Å². The fraction of sp³-hybridized carbons (Fsp3) is 0.250. The number of phenols is 1. The van der Waals surface area contributed by atoms with E-state index in [1.54, 1.807) is 6.20 Å². The van der Waals surface area contributed by atoms with Gasteiger partial charge in [-0.05, 0) is 36.8 Å². The number of halogens is 1. The Morgan fingerprint density at radius 2 is 2.14 bits per heavy atom. The second-order valence-corrected chi connectivity index (χ2v) is 5.36. The van der Waals surface area contributed by atoms with Gasteiger partial charge < -0.3 is 15.5 Å². The van der Waals surface area contributed by atoms with E-state index in [2.05, 4.69) is 10.3 Å². The molecule has 22 heavy (non-hydrogen) atoms. The van der Waals surface area contributed by atoms with Gasteiger partial charge in [0.25, 0.3) is 5.91 Å². The fourth-order valence-electron chi connectivity index (χ4n) is 2.00. The van der Waals surface area contributed by atoms with Gasteiger partial charge in [0.15, 0.2) is 0 Å². The zero-order valence-corrected chi connectivity index (χ0v) is 12.6. The van der Waals surface area contributed by atoms with Crippen molar-refractivity contribution in [3.8, 4) is 5.75 Å². The van der Waals surface area contributed by atoms with Crippen molar-refractivity contribution in [1.29, 1.82) is 0 Å². The van der Waals surface area contributed by atoms with E-state index in [0.29, 0.717) is 18.5 Å². The Bertz CT molecular complexity index is 635. The Balaban J connectivity index is 1.92.